The van der Waals surface area contributed by atoms with Gasteiger partial charge in [0.15, 0.2) is 0 Å². The molecular formula is C13H19ClF3N. The summed E-state index contributed by atoms with van der Waals surface area (Å²) < 4.78 is 37.5. The Morgan fingerprint density at radius 1 is 1.17 bits per heavy atom. The standard InChI is InChI=1S/C13H18F3N.ClH/c1-9(2)6-7-12(17)10-4-3-5-11(8-10)13(14,15)16;/h3-5,8-9,12H,6-7,17H2,1-2H3;1H/t12-;/m1./s1. The SMILES string of the molecule is CC(C)CC[C@@H](N)c1cccc(C(F)(F)F)c1.Cl. The molecule has 0 aliphatic carbocycles. The molecule has 0 radical (unpaired) electrons. The molecule has 0 aliphatic rings. The second-order valence-electron chi connectivity index (χ2n) is 4.70. The highest BCUT2D eigenvalue weighted by molar-refractivity contribution is 5.85. The number of benzene rings is 1. The maximum absolute atomic E-state index is 12.5. The molecule has 0 saturated carbocycles. The predicted octanol–water partition coefficient (Wildman–Crippen LogP) is 4.56. The zero-order chi connectivity index (χ0) is 13.1. The lowest BCUT2D eigenvalue weighted by molar-refractivity contribution is -0.137. The van der Waals surface area contributed by atoms with Crippen LogP contribution >= 0.6 is 12.4 Å². The Morgan fingerprint density at radius 2 is 1.78 bits per heavy atom. The first kappa shape index (κ1) is 17.3. The molecule has 0 aromatic heterocycles. The largest absolute Gasteiger partial charge is 0.416 e. The molecule has 0 bridgehead atoms. The number of rotatable bonds is 4. The second-order valence-corrected chi connectivity index (χ2v) is 4.70. The predicted molar refractivity (Wildman–Crippen MR) is 69.7 cm³/mol. The summed E-state index contributed by atoms with van der Waals surface area (Å²) in [6, 6.07) is 4.96. The third kappa shape index (κ3) is 5.27. The van der Waals surface area contributed by atoms with Gasteiger partial charge in [-0.15, -0.1) is 12.4 Å². The van der Waals surface area contributed by atoms with Crippen molar-refractivity contribution in [2.45, 2.75) is 38.9 Å². The lowest BCUT2D eigenvalue weighted by atomic mass is 9.97. The van der Waals surface area contributed by atoms with E-state index in [1.807, 2.05) is 0 Å². The first-order valence-electron chi connectivity index (χ1n) is 5.73. The summed E-state index contributed by atoms with van der Waals surface area (Å²) in [5.41, 5.74) is 5.81. The van der Waals surface area contributed by atoms with Gasteiger partial charge >= 0.3 is 6.18 Å². The summed E-state index contributed by atoms with van der Waals surface area (Å²) in [6.07, 6.45) is -2.68. The minimum absolute atomic E-state index is 0. The molecule has 1 nitrogen and oxygen atoms in total. The molecule has 0 spiro atoms. The molecule has 1 aromatic carbocycles. The summed E-state index contributed by atoms with van der Waals surface area (Å²) in [5.74, 6) is 0.506. The van der Waals surface area contributed by atoms with Crippen LogP contribution in [0.2, 0.25) is 0 Å². The molecular weight excluding hydrogens is 263 g/mol. The summed E-state index contributed by atoms with van der Waals surface area (Å²) in [6.45, 7) is 4.14. The zero-order valence-corrected chi connectivity index (χ0v) is 11.3. The Morgan fingerprint density at radius 3 is 2.28 bits per heavy atom. The van der Waals surface area contributed by atoms with Crippen LogP contribution < -0.4 is 5.73 Å². The third-order valence-corrected chi connectivity index (χ3v) is 2.70. The number of halogens is 4. The Labute approximate surface area is 112 Å². The number of alkyl halides is 3. The lowest BCUT2D eigenvalue weighted by Gasteiger charge is -2.15. The number of hydrogen-bond acceptors (Lipinski definition) is 1. The van der Waals surface area contributed by atoms with E-state index >= 15 is 0 Å². The monoisotopic (exact) mass is 281 g/mol. The van der Waals surface area contributed by atoms with Gasteiger partial charge in [0.25, 0.3) is 0 Å². The van der Waals surface area contributed by atoms with Crippen LogP contribution in [0.3, 0.4) is 0 Å². The van der Waals surface area contributed by atoms with E-state index < -0.39 is 11.7 Å². The van der Waals surface area contributed by atoms with E-state index in [-0.39, 0.29) is 18.4 Å². The highest BCUT2D eigenvalue weighted by atomic mass is 35.5. The van der Waals surface area contributed by atoms with Gasteiger partial charge in [0.1, 0.15) is 0 Å². The van der Waals surface area contributed by atoms with Crippen molar-refractivity contribution >= 4 is 12.4 Å². The Hall–Kier alpha value is -0.740. The van der Waals surface area contributed by atoms with E-state index in [4.69, 9.17) is 5.73 Å². The summed E-state index contributed by atoms with van der Waals surface area (Å²) in [5, 5.41) is 0. The van der Waals surface area contributed by atoms with E-state index in [0.717, 1.165) is 18.6 Å². The van der Waals surface area contributed by atoms with Crippen LogP contribution in [0.5, 0.6) is 0 Å². The van der Waals surface area contributed by atoms with Gasteiger partial charge in [-0.2, -0.15) is 13.2 Å². The van der Waals surface area contributed by atoms with Gasteiger partial charge < -0.3 is 5.73 Å². The van der Waals surface area contributed by atoms with Crippen LogP contribution in [-0.4, -0.2) is 0 Å². The maximum atomic E-state index is 12.5. The van der Waals surface area contributed by atoms with Crippen LogP contribution in [-0.2, 0) is 6.18 Å². The molecule has 1 atom stereocenters. The van der Waals surface area contributed by atoms with Gasteiger partial charge in [0.2, 0.25) is 0 Å². The molecule has 0 saturated heterocycles. The van der Waals surface area contributed by atoms with Crippen molar-refractivity contribution in [2.75, 3.05) is 0 Å². The van der Waals surface area contributed by atoms with Crippen molar-refractivity contribution in [1.29, 1.82) is 0 Å². The van der Waals surface area contributed by atoms with E-state index in [1.54, 1.807) is 6.07 Å². The van der Waals surface area contributed by atoms with Crippen LogP contribution in [0.25, 0.3) is 0 Å². The normalized spacial score (nSPS) is 13.3. The fourth-order valence-electron chi connectivity index (χ4n) is 1.63. The smallest absolute Gasteiger partial charge is 0.324 e. The van der Waals surface area contributed by atoms with Gasteiger partial charge in [-0.3, -0.25) is 0 Å². The number of nitrogens with two attached hydrogens (primary N) is 1. The molecule has 5 heteroatoms. The van der Waals surface area contributed by atoms with E-state index in [9.17, 15) is 13.2 Å². The van der Waals surface area contributed by atoms with Crippen molar-refractivity contribution in [3.05, 3.63) is 35.4 Å². The van der Waals surface area contributed by atoms with Gasteiger partial charge in [-0.25, -0.2) is 0 Å². The molecule has 0 fully saturated rings. The lowest BCUT2D eigenvalue weighted by Crippen LogP contribution is -2.13. The van der Waals surface area contributed by atoms with Gasteiger partial charge in [-0.1, -0.05) is 26.0 Å². The van der Waals surface area contributed by atoms with Crippen LogP contribution in [0, 0.1) is 5.92 Å². The van der Waals surface area contributed by atoms with Crippen molar-refractivity contribution in [1.82, 2.24) is 0 Å². The fourth-order valence-corrected chi connectivity index (χ4v) is 1.63. The summed E-state index contributed by atoms with van der Waals surface area (Å²) in [7, 11) is 0. The first-order valence-corrected chi connectivity index (χ1v) is 5.73. The Bertz CT molecular complexity index is 363. The molecule has 0 aliphatic heterocycles. The van der Waals surface area contributed by atoms with Crippen molar-refractivity contribution < 1.29 is 13.2 Å². The topological polar surface area (TPSA) is 26.0 Å². The highest BCUT2D eigenvalue weighted by Gasteiger charge is 2.30. The molecule has 0 unspecified atom stereocenters. The minimum Gasteiger partial charge on any atom is -0.324 e. The third-order valence-electron chi connectivity index (χ3n) is 2.70. The molecule has 0 heterocycles. The average molecular weight is 282 g/mol. The highest BCUT2D eigenvalue weighted by Crippen LogP contribution is 2.31. The van der Waals surface area contributed by atoms with Gasteiger partial charge in [0, 0.05) is 6.04 Å². The average Bonchev–Trinajstić information content (AvgIpc) is 2.25. The van der Waals surface area contributed by atoms with Crippen molar-refractivity contribution in [3.8, 4) is 0 Å². The first-order chi connectivity index (χ1) is 7.80. The quantitative estimate of drug-likeness (QED) is 0.860. The summed E-state index contributed by atoms with van der Waals surface area (Å²) in [4.78, 5) is 0. The molecule has 0 amide bonds. The second kappa shape index (κ2) is 7.00. The molecule has 1 rings (SSSR count). The van der Waals surface area contributed by atoms with Gasteiger partial charge in [0.05, 0.1) is 5.56 Å². The Kier molecular flexibility index (Phi) is 6.71. The fraction of sp³-hybridized carbons (Fsp3) is 0.538. The van der Waals surface area contributed by atoms with Crippen LogP contribution in [0.15, 0.2) is 24.3 Å². The van der Waals surface area contributed by atoms with Crippen LogP contribution in [0.1, 0.15) is 43.9 Å². The molecule has 18 heavy (non-hydrogen) atoms. The minimum atomic E-state index is -4.30. The van der Waals surface area contributed by atoms with Crippen molar-refractivity contribution in [2.24, 2.45) is 11.7 Å². The maximum Gasteiger partial charge on any atom is 0.416 e. The molecule has 104 valence electrons. The molecule has 1 aromatic rings. The summed E-state index contributed by atoms with van der Waals surface area (Å²) >= 11 is 0. The zero-order valence-electron chi connectivity index (χ0n) is 10.5. The molecule has 2 N–H and O–H groups in total. The van der Waals surface area contributed by atoms with Crippen molar-refractivity contribution in [3.63, 3.8) is 0 Å². The number of hydrogen-bond donors (Lipinski definition) is 1. The van der Waals surface area contributed by atoms with E-state index in [2.05, 4.69) is 13.8 Å². The van der Waals surface area contributed by atoms with E-state index in [0.29, 0.717) is 17.9 Å². The Balaban J connectivity index is 0.00000289. The van der Waals surface area contributed by atoms with Gasteiger partial charge in [-0.05, 0) is 36.5 Å². The van der Waals surface area contributed by atoms with E-state index in [1.165, 1.54) is 6.07 Å². The van der Waals surface area contributed by atoms with Crippen LogP contribution in [0.4, 0.5) is 13.2 Å².